The van der Waals surface area contributed by atoms with Gasteiger partial charge in [0.1, 0.15) is 6.61 Å². The van der Waals surface area contributed by atoms with Crippen LogP contribution in [0.1, 0.15) is 30.4 Å². The lowest BCUT2D eigenvalue weighted by Gasteiger charge is -2.24. The van der Waals surface area contributed by atoms with Crippen LogP contribution < -0.4 is 0 Å². The first kappa shape index (κ1) is 12.6. The number of benzene rings is 1. The highest BCUT2D eigenvalue weighted by Gasteiger charge is 2.25. The van der Waals surface area contributed by atoms with Crippen LogP contribution >= 0.6 is 0 Å². The van der Waals surface area contributed by atoms with E-state index in [1.54, 1.807) is 0 Å². The van der Waals surface area contributed by atoms with E-state index in [-0.39, 0.29) is 12.5 Å². The van der Waals surface area contributed by atoms with E-state index in [0.717, 1.165) is 24.0 Å². The van der Waals surface area contributed by atoms with Gasteiger partial charge in [0.15, 0.2) is 0 Å². The Labute approximate surface area is 107 Å². The molecule has 18 heavy (non-hydrogen) atoms. The first-order valence-corrected chi connectivity index (χ1v) is 6.20. The Morgan fingerprint density at radius 3 is 2.83 bits per heavy atom. The molecule has 0 bridgehead atoms. The topological polar surface area (TPSA) is 46.6 Å². The minimum atomic E-state index is -0.525. The van der Waals surface area contributed by atoms with Crippen LogP contribution in [0.15, 0.2) is 24.3 Å². The highest BCUT2D eigenvalue weighted by molar-refractivity contribution is 5.92. The Kier molecular flexibility index (Phi) is 3.97. The number of hydrogen-bond acceptors (Lipinski definition) is 3. The van der Waals surface area contributed by atoms with Crippen LogP contribution in [0, 0.1) is 6.92 Å². The molecule has 2 rings (SSSR count). The minimum Gasteiger partial charge on any atom is -0.444 e. The standard InChI is InChI=1S/C14H17NO3/c1-11-6-2-3-7-12(11)10-18-14(17)15-9-5-4-8-13(15)16/h2-3,6-7H,4-5,8-10H2,1H3. The first-order valence-electron chi connectivity index (χ1n) is 6.20. The van der Waals surface area contributed by atoms with Crippen molar-refractivity contribution in [1.82, 2.24) is 4.90 Å². The van der Waals surface area contributed by atoms with Crippen LogP contribution in [0.25, 0.3) is 0 Å². The van der Waals surface area contributed by atoms with E-state index >= 15 is 0 Å². The maximum atomic E-state index is 11.8. The van der Waals surface area contributed by atoms with Gasteiger partial charge in [-0.15, -0.1) is 0 Å². The lowest BCUT2D eigenvalue weighted by Crippen LogP contribution is -2.40. The van der Waals surface area contributed by atoms with Gasteiger partial charge in [0.2, 0.25) is 5.91 Å². The van der Waals surface area contributed by atoms with E-state index in [0.29, 0.717) is 13.0 Å². The van der Waals surface area contributed by atoms with Gasteiger partial charge in [0.05, 0.1) is 0 Å². The Hall–Kier alpha value is -1.84. The second-order valence-corrected chi connectivity index (χ2v) is 4.48. The van der Waals surface area contributed by atoms with Crippen LogP contribution in [0.3, 0.4) is 0 Å². The van der Waals surface area contributed by atoms with Crippen LogP contribution in [0.5, 0.6) is 0 Å². The molecule has 0 spiro atoms. The molecule has 0 aliphatic carbocycles. The van der Waals surface area contributed by atoms with Gasteiger partial charge in [-0.3, -0.25) is 4.79 Å². The molecule has 4 heteroatoms. The van der Waals surface area contributed by atoms with Crippen molar-refractivity contribution >= 4 is 12.0 Å². The molecule has 4 nitrogen and oxygen atoms in total. The van der Waals surface area contributed by atoms with Gasteiger partial charge in [-0.2, -0.15) is 0 Å². The van der Waals surface area contributed by atoms with Crippen LogP contribution in [0.2, 0.25) is 0 Å². The van der Waals surface area contributed by atoms with Gasteiger partial charge in [-0.05, 0) is 30.9 Å². The molecule has 0 saturated carbocycles. The van der Waals surface area contributed by atoms with E-state index in [2.05, 4.69) is 0 Å². The number of ether oxygens (including phenoxy) is 1. The summed E-state index contributed by atoms with van der Waals surface area (Å²) >= 11 is 0. The van der Waals surface area contributed by atoms with Crippen molar-refractivity contribution in [3.8, 4) is 0 Å². The summed E-state index contributed by atoms with van der Waals surface area (Å²) in [6, 6.07) is 7.73. The molecule has 1 aromatic carbocycles. The fraction of sp³-hybridized carbons (Fsp3) is 0.429. The van der Waals surface area contributed by atoms with Gasteiger partial charge in [-0.25, -0.2) is 9.69 Å². The maximum Gasteiger partial charge on any atom is 0.416 e. The highest BCUT2D eigenvalue weighted by atomic mass is 16.6. The predicted molar refractivity (Wildman–Crippen MR) is 66.9 cm³/mol. The van der Waals surface area contributed by atoms with E-state index < -0.39 is 6.09 Å². The van der Waals surface area contributed by atoms with Crippen LogP contribution in [-0.2, 0) is 16.1 Å². The summed E-state index contributed by atoms with van der Waals surface area (Å²) in [6.45, 7) is 2.66. The molecule has 1 aliphatic heterocycles. The third-order valence-electron chi connectivity index (χ3n) is 3.16. The number of piperidine rings is 1. The predicted octanol–water partition coefficient (Wildman–Crippen LogP) is 2.64. The quantitative estimate of drug-likeness (QED) is 0.807. The molecule has 1 fully saturated rings. The molecule has 1 saturated heterocycles. The number of carbonyl (C=O) groups is 2. The lowest BCUT2D eigenvalue weighted by atomic mass is 10.1. The zero-order valence-corrected chi connectivity index (χ0v) is 10.5. The average molecular weight is 247 g/mol. The Morgan fingerprint density at radius 1 is 1.33 bits per heavy atom. The zero-order chi connectivity index (χ0) is 13.0. The summed E-state index contributed by atoms with van der Waals surface area (Å²) in [5, 5.41) is 0. The van der Waals surface area contributed by atoms with Crippen molar-refractivity contribution in [2.24, 2.45) is 0 Å². The molecular formula is C14H17NO3. The molecule has 0 N–H and O–H groups in total. The molecule has 0 unspecified atom stereocenters. The van der Waals surface area contributed by atoms with E-state index in [9.17, 15) is 9.59 Å². The fourth-order valence-corrected chi connectivity index (χ4v) is 1.99. The molecule has 1 aromatic rings. The van der Waals surface area contributed by atoms with Crippen molar-refractivity contribution in [3.63, 3.8) is 0 Å². The summed E-state index contributed by atoms with van der Waals surface area (Å²) in [5.74, 6) is -0.129. The largest absolute Gasteiger partial charge is 0.444 e. The molecule has 0 atom stereocenters. The van der Waals surface area contributed by atoms with Crippen LogP contribution in [-0.4, -0.2) is 23.4 Å². The average Bonchev–Trinajstić information content (AvgIpc) is 2.38. The first-order chi connectivity index (χ1) is 8.68. The summed E-state index contributed by atoms with van der Waals surface area (Å²) in [6.07, 6.45) is 1.65. The molecule has 0 radical (unpaired) electrons. The monoisotopic (exact) mass is 247 g/mol. The number of hydrogen-bond donors (Lipinski definition) is 0. The van der Waals surface area contributed by atoms with E-state index in [1.165, 1.54) is 4.90 Å². The zero-order valence-electron chi connectivity index (χ0n) is 10.5. The molecule has 1 aliphatic rings. The molecule has 2 amide bonds. The SMILES string of the molecule is Cc1ccccc1COC(=O)N1CCCCC1=O. The number of rotatable bonds is 2. The Bertz CT molecular complexity index is 456. The summed E-state index contributed by atoms with van der Waals surface area (Å²) in [5.41, 5.74) is 2.05. The van der Waals surface area contributed by atoms with Crippen molar-refractivity contribution in [2.75, 3.05) is 6.54 Å². The van der Waals surface area contributed by atoms with Gasteiger partial charge < -0.3 is 4.74 Å². The van der Waals surface area contributed by atoms with Crippen molar-refractivity contribution in [3.05, 3.63) is 35.4 Å². The Balaban J connectivity index is 1.92. The number of likely N-dealkylation sites (tertiary alicyclic amines) is 1. The second kappa shape index (κ2) is 5.67. The van der Waals surface area contributed by atoms with Crippen molar-refractivity contribution < 1.29 is 14.3 Å². The summed E-state index contributed by atoms with van der Waals surface area (Å²) < 4.78 is 5.18. The number of imide groups is 1. The summed E-state index contributed by atoms with van der Waals surface area (Å²) in [7, 11) is 0. The molecular weight excluding hydrogens is 230 g/mol. The van der Waals surface area contributed by atoms with Gasteiger partial charge in [-0.1, -0.05) is 24.3 Å². The number of nitrogens with zero attached hydrogens (tertiary/aromatic N) is 1. The third-order valence-corrected chi connectivity index (χ3v) is 3.16. The molecule has 1 heterocycles. The molecule has 0 aromatic heterocycles. The van der Waals surface area contributed by atoms with E-state index in [4.69, 9.17) is 4.74 Å². The van der Waals surface area contributed by atoms with Crippen molar-refractivity contribution in [2.45, 2.75) is 32.8 Å². The lowest BCUT2D eigenvalue weighted by molar-refractivity contribution is -0.131. The smallest absolute Gasteiger partial charge is 0.416 e. The van der Waals surface area contributed by atoms with Crippen molar-refractivity contribution in [1.29, 1.82) is 0 Å². The number of carbonyl (C=O) groups excluding carboxylic acids is 2. The third kappa shape index (κ3) is 2.88. The number of aryl methyl sites for hydroxylation is 1. The maximum absolute atomic E-state index is 11.8. The Morgan fingerprint density at radius 2 is 2.11 bits per heavy atom. The normalized spacial score (nSPS) is 15.6. The van der Waals surface area contributed by atoms with Gasteiger partial charge >= 0.3 is 6.09 Å². The highest BCUT2D eigenvalue weighted by Crippen LogP contribution is 2.14. The second-order valence-electron chi connectivity index (χ2n) is 4.48. The molecule has 96 valence electrons. The summed E-state index contributed by atoms with van der Waals surface area (Å²) in [4.78, 5) is 24.5. The van der Waals surface area contributed by atoms with Gasteiger partial charge in [0, 0.05) is 13.0 Å². The fourth-order valence-electron chi connectivity index (χ4n) is 1.99. The van der Waals surface area contributed by atoms with E-state index in [1.807, 2.05) is 31.2 Å². The minimum absolute atomic E-state index is 0.129. The number of amides is 2. The van der Waals surface area contributed by atoms with Gasteiger partial charge in [0.25, 0.3) is 0 Å². The van der Waals surface area contributed by atoms with Crippen LogP contribution in [0.4, 0.5) is 4.79 Å².